The first kappa shape index (κ1) is 17.1. The smallest absolute Gasteiger partial charge is 0.416 e. The molecule has 8 heteroatoms. The van der Waals surface area contributed by atoms with Crippen LogP contribution in [0.15, 0.2) is 46.5 Å². The van der Waals surface area contributed by atoms with Gasteiger partial charge in [0.2, 0.25) is 0 Å². The summed E-state index contributed by atoms with van der Waals surface area (Å²) in [5, 5.41) is 10.6. The normalized spacial score (nSPS) is 14.7. The van der Waals surface area contributed by atoms with Gasteiger partial charge in [-0.25, -0.2) is 10.2 Å². The second kappa shape index (κ2) is 6.29. The van der Waals surface area contributed by atoms with Crippen molar-refractivity contribution in [2.24, 2.45) is 0 Å². The lowest BCUT2D eigenvalue weighted by Gasteiger charge is -2.14. The predicted molar refractivity (Wildman–Crippen MR) is 83.1 cm³/mol. The third kappa shape index (κ3) is 3.69. The van der Waals surface area contributed by atoms with Crippen molar-refractivity contribution in [3.8, 4) is 11.3 Å². The van der Waals surface area contributed by atoms with Crippen LogP contribution in [0.5, 0.6) is 0 Å². The number of aryl methyl sites for hydroxylation is 1. The molecule has 1 aromatic heterocycles. The Bertz CT molecular complexity index is 840. The van der Waals surface area contributed by atoms with Crippen LogP contribution in [0.4, 0.5) is 13.2 Å². The lowest BCUT2D eigenvalue weighted by atomic mass is 10.1. The molecular weight excluding hydrogens is 337 g/mol. The Labute approximate surface area is 141 Å². The summed E-state index contributed by atoms with van der Waals surface area (Å²) in [5.74, 6) is -0.102. The predicted octanol–water partition coefficient (Wildman–Crippen LogP) is 3.56. The van der Waals surface area contributed by atoms with Gasteiger partial charge in [0.05, 0.1) is 17.7 Å². The van der Waals surface area contributed by atoms with Gasteiger partial charge in [0.25, 0.3) is 0 Å². The number of carboxylic acid groups (broad SMARTS) is 1. The average Bonchev–Trinajstić information content (AvgIpc) is 3.15. The van der Waals surface area contributed by atoms with Crippen molar-refractivity contribution in [2.75, 3.05) is 6.54 Å². The number of carbonyl (C=O) groups is 1. The Hall–Kier alpha value is -2.74. The van der Waals surface area contributed by atoms with Crippen LogP contribution in [0.3, 0.4) is 0 Å². The lowest BCUT2D eigenvalue weighted by Crippen LogP contribution is -2.28. The Morgan fingerprint density at radius 3 is 2.76 bits per heavy atom. The van der Waals surface area contributed by atoms with Crippen molar-refractivity contribution < 1.29 is 27.5 Å². The van der Waals surface area contributed by atoms with Gasteiger partial charge in [-0.15, -0.1) is 0 Å². The van der Waals surface area contributed by atoms with E-state index in [1.54, 1.807) is 24.1 Å². The molecule has 0 fully saturated rings. The van der Waals surface area contributed by atoms with Crippen LogP contribution in [0, 0.1) is 6.92 Å². The Kier molecular flexibility index (Phi) is 4.30. The highest BCUT2D eigenvalue weighted by Crippen LogP contribution is 2.33. The number of benzene rings is 1. The molecule has 0 amide bonds. The van der Waals surface area contributed by atoms with E-state index >= 15 is 0 Å². The first-order valence-electron chi connectivity index (χ1n) is 7.45. The topological polar surface area (TPSA) is 65.7 Å². The molecule has 2 heterocycles. The zero-order valence-electron chi connectivity index (χ0n) is 13.2. The van der Waals surface area contributed by atoms with E-state index in [9.17, 15) is 18.0 Å². The Morgan fingerprint density at radius 2 is 2.12 bits per heavy atom. The minimum absolute atomic E-state index is 0.215. The van der Waals surface area contributed by atoms with Crippen LogP contribution in [0.25, 0.3) is 11.3 Å². The molecule has 132 valence electrons. The van der Waals surface area contributed by atoms with E-state index in [0.717, 1.165) is 17.7 Å². The molecule has 0 saturated carbocycles. The fourth-order valence-electron chi connectivity index (χ4n) is 2.55. The van der Waals surface area contributed by atoms with Crippen LogP contribution >= 0.6 is 0 Å². The number of nitrogens with zero attached hydrogens (tertiary/aromatic N) is 1. The maximum Gasteiger partial charge on any atom is 0.416 e. The monoisotopic (exact) mass is 352 g/mol. The summed E-state index contributed by atoms with van der Waals surface area (Å²) >= 11 is 0. The van der Waals surface area contributed by atoms with Gasteiger partial charge in [-0.3, -0.25) is 0 Å². The van der Waals surface area contributed by atoms with E-state index in [2.05, 4.69) is 5.43 Å². The number of rotatable bonds is 4. The minimum Gasteiger partial charge on any atom is -0.478 e. The Balaban J connectivity index is 1.83. The van der Waals surface area contributed by atoms with Gasteiger partial charge in [-0.2, -0.15) is 13.2 Å². The molecule has 0 aliphatic carbocycles. The summed E-state index contributed by atoms with van der Waals surface area (Å²) < 4.78 is 44.1. The van der Waals surface area contributed by atoms with Crippen LogP contribution in [-0.4, -0.2) is 22.6 Å². The molecule has 5 nitrogen and oxygen atoms in total. The molecule has 0 unspecified atom stereocenters. The molecule has 0 atom stereocenters. The fourth-order valence-corrected chi connectivity index (χ4v) is 2.55. The zero-order chi connectivity index (χ0) is 18.2. The summed E-state index contributed by atoms with van der Waals surface area (Å²) in [6.45, 7) is 2.27. The van der Waals surface area contributed by atoms with E-state index in [0.29, 0.717) is 23.6 Å². The van der Waals surface area contributed by atoms with E-state index in [4.69, 9.17) is 9.52 Å². The van der Waals surface area contributed by atoms with E-state index < -0.39 is 17.7 Å². The lowest BCUT2D eigenvalue weighted by molar-refractivity contribution is -0.137. The number of aliphatic carboxylic acids is 1. The molecular formula is C17H15F3N2O3. The number of furan rings is 1. The first-order chi connectivity index (χ1) is 11.7. The van der Waals surface area contributed by atoms with Crippen molar-refractivity contribution in [1.82, 2.24) is 10.4 Å². The van der Waals surface area contributed by atoms with Gasteiger partial charge in [0.1, 0.15) is 11.5 Å². The summed E-state index contributed by atoms with van der Waals surface area (Å²) in [6, 6.07) is 6.59. The number of alkyl halides is 3. The maximum absolute atomic E-state index is 12.8. The van der Waals surface area contributed by atoms with E-state index in [1.807, 2.05) is 0 Å². The summed E-state index contributed by atoms with van der Waals surface area (Å²) in [7, 11) is 0. The summed E-state index contributed by atoms with van der Waals surface area (Å²) in [4.78, 5) is 10.9. The van der Waals surface area contributed by atoms with Crippen LogP contribution < -0.4 is 5.43 Å². The van der Waals surface area contributed by atoms with Gasteiger partial charge in [-0.05, 0) is 25.1 Å². The number of hydrazine groups is 1. The van der Waals surface area contributed by atoms with E-state index in [-0.39, 0.29) is 12.1 Å². The van der Waals surface area contributed by atoms with Gasteiger partial charge in [0, 0.05) is 23.9 Å². The third-order valence-corrected chi connectivity index (χ3v) is 3.89. The number of carboxylic acids is 1. The van der Waals surface area contributed by atoms with Crippen molar-refractivity contribution in [2.45, 2.75) is 19.6 Å². The van der Waals surface area contributed by atoms with Crippen LogP contribution in [0.2, 0.25) is 0 Å². The molecule has 0 saturated heterocycles. The molecule has 1 aliphatic rings. The van der Waals surface area contributed by atoms with Crippen molar-refractivity contribution in [3.63, 3.8) is 0 Å². The van der Waals surface area contributed by atoms with Gasteiger partial charge >= 0.3 is 12.1 Å². The molecule has 0 radical (unpaired) electrons. The number of hydrogen-bond acceptors (Lipinski definition) is 4. The summed E-state index contributed by atoms with van der Waals surface area (Å²) in [6.07, 6.45) is -2.93. The highest BCUT2D eigenvalue weighted by Gasteiger charge is 2.30. The third-order valence-electron chi connectivity index (χ3n) is 3.89. The van der Waals surface area contributed by atoms with Crippen molar-refractivity contribution in [3.05, 3.63) is 59.0 Å². The molecule has 0 bridgehead atoms. The first-order valence-corrected chi connectivity index (χ1v) is 7.45. The highest BCUT2D eigenvalue weighted by atomic mass is 19.4. The van der Waals surface area contributed by atoms with Gasteiger partial charge < -0.3 is 14.5 Å². The highest BCUT2D eigenvalue weighted by molar-refractivity contribution is 5.87. The molecule has 1 aromatic carbocycles. The molecule has 2 N–H and O–H groups in total. The molecule has 3 rings (SSSR count). The van der Waals surface area contributed by atoms with Gasteiger partial charge in [-0.1, -0.05) is 12.1 Å². The van der Waals surface area contributed by atoms with E-state index in [1.165, 1.54) is 12.3 Å². The number of halogens is 3. The standard InChI is InChI=1S/C17H15F3N2O3/c1-10-12(8-22-9-13(7-21-22)16(23)24)6-15(25-10)11-3-2-4-14(5-11)17(18,19)20/h2-6,9,21H,7-8H2,1H3,(H,23,24). The maximum atomic E-state index is 12.8. The summed E-state index contributed by atoms with van der Waals surface area (Å²) in [5.41, 5.74) is 3.49. The SMILES string of the molecule is Cc1oc(-c2cccc(C(F)(F)F)c2)cc1CN1C=C(C(=O)O)CN1. The minimum atomic E-state index is -4.42. The van der Waals surface area contributed by atoms with Crippen LogP contribution in [0.1, 0.15) is 16.9 Å². The molecule has 1 aliphatic heterocycles. The van der Waals surface area contributed by atoms with Crippen molar-refractivity contribution in [1.29, 1.82) is 0 Å². The largest absolute Gasteiger partial charge is 0.478 e. The molecule has 25 heavy (non-hydrogen) atoms. The Morgan fingerprint density at radius 1 is 1.36 bits per heavy atom. The average molecular weight is 352 g/mol. The zero-order valence-corrected chi connectivity index (χ0v) is 13.2. The number of nitrogens with one attached hydrogen (secondary N) is 1. The molecule has 2 aromatic rings. The van der Waals surface area contributed by atoms with Crippen LogP contribution in [-0.2, 0) is 17.5 Å². The second-order valence-electron chi connectivity index (χ2n) is 5.69. The van der Waals surface area contributed by atoms with Crippen molar-refractivity contribution >= 4 is 5.97 Å². The van der Waals surface area contributed by atoms with Gasteiger partial charge in [0.15, 0.2) is 0 Å². The quantitative estimate of drug-likeness (QED) is 0.881. The number of hydrogen-bond donors (Lipinski definition) is 2. The second-order valence-corrected chi connectivity index (χ2v) is 5.69. The fraction of sp³-hybridized carbons (Fsp3) is 0.235. The molecule has 0 spiro atoms.